The summed E-state index contributed by atoms with van der Waals surface area (Å²) in [6.07, 6.45) is 1.51. The van der Waals surface area contributed by atoms with E-state index < -0.39 is 9.84 Å². The monoisotopic (exact) mass is 481 g/mol. The highest BCUT2D eigenvalue weighted by Gasteiger charge is 2.26. The van der Waals surface area contributed by atoms with E-state index in [0.717, 1.165) is 0 Å². The standard InChI is InChI=1S/C21H24ClN3O4S2/c1-3-24(20(26)19-9-6-12-30-19)14-17-13-23-21(25(17)10-11-29-2)31(27,28)15-16-7-4-5-8-18(16)22/h4-9,12-13H,3,10-11,14-15H2,1-2H3. The lowest BCUT2D eigenvalue weighted by molar-refractivity contribution is 0.0752. The van der Waals surface area contributed by atoms with Crippen LogP contribution in [0.15, 0.2) is 53.1 Å². The molecule has 0 atom stereocenters. The van der Waals surface area contributed by atoms with E-state index >= 15 is 0 Å². The molecule has 0 aliphatic carbocycles. The van der Waals surface area contributed by atoms with Gasteiger partial charge < -0.3 is 14.2 Å². The summed E-state index contributed by atoms with van der Waals surface area (Å²) in [7, 11) is -2.22. The summed E-state index contributed by atoms with van der Waals surface area (Å²) < 4.78 is 33.1. The van der Waals surface area contributed by atoms with E-state index in [1.54, 1.807) is 46.9 Å². The highest BCUT2D eigenvalue weighted by Crippen LogP contribution is 2.23. The van der Waals surface area contributed by atoms with Crippen molar-refractivity contribution in [2.75, 3.05) is 20.3 Å². The van der Waals surface area contributed by atoms with E-state index in [4.69, 9.17) is 16.3 Å². The molecular formula is C21H24ClN3O4S2. The molecule has 31 heavy (non-hydrogen) atoms. The first-order valence-corrected chi connectivity index (χ1v) is 12.6. The Morgan fingerprint density at radius 2 is 2.03 bits per heavy atom. The number of hydrogen-bond acceptors (Lipinski definition) is 6. The van der Waals surface area contributed by atoms with Crippen LogP contribution < -0.4 is 0 Å². The van der Waals surface area contributed by atoms with E-state index in [1.807, 2.05) is 18.4 Å². The Labute approximate surface area is 191 Å². The van der Waals surface area contributed by atoms with Crippen molar-refractivity contribution in [2.24, 2.45) is 0 Å². The number of ether oxygens (including phenoxy) is 1. The second-order valence-corrected chi connectivity index (χ2v) is 10.1. The summed E-state index contributed by atoms with van der Waals surface area (Å²) in [5.41, 5.74) is 1.14. The lowest BCUT2D eigenvalue weighted by Crippen LogP contribution is -2.31. The Balaban J connectivity index is 1.92. The molecule has 0 bridgehead atoms. The fourth-order valence-electron chi connectivity index (χ4n) is 3.15. The topological polar surface area (TPSA) is 81.5 Å². The number of rotatable bonds is 10. The number of nitrogens with zero attached hydrogens (tertiary/aromatic N) is 3. The molecule has 2 aromatic heterocycles. The molecule has 166 valence electrons. The number of carbonyl (C=O) groups is 1. The number of sulfone groups is 1. The van der Waals surface area contributed by atoms with E-state index in [9.17, 15) is 13.2 Å². The second kappa shape index (κ2) is 10.4. The average molecular weight is 482 g/mol. The minimum atomic E-state index is -3.77. The molecular weight excluding hydrogens is 458 g/mol. The van der Waals surface area contributed by atoms with Crippen LogP contribution in [-0.4, -0.2) is 49.0 Å². The van der Waals surface area contributed by atoms with Crippen LogP contribution in [0.2, 0.25) is 5.02 Å². The van der Waals surface area contributed by atoms with Crippen molar-refractivity contribution in [2.45, 2.75) is 30.9 Å². The fraction of sp³-hybridized carbons (Fsp3) is 0.333. The molecule has 3 aromatic rings. The van der Waals surface area contributed by atoms with Crippen molar-refractivity contribution in [3.63, 3.8) is 0 Å². The third-order valence-electron chi connectivity index (χ3n) is 4.76. The number of hydrogen-bond donors (Lipinski definition) is 0. The van der Waals surface area contributed by atoms with E-state index in [2.05, 4.69) is 4.98 Å². The van der Waals surface area contributed by atoms with Crippen molar-refractivity contribution in [1.29, 1.82) is 0 Å². The van der Waals surface area contributed by atoms with Gasteiger partial charge in [-0.25, -0.2) is 13.4 Å². The van der Waals surface area contributed by atoms with Crippen LogP contribution in [0.1, 0.15) is 27.9 Å². The van der Waals surface area contributed by atoms with Gasteiger partial charge >= 0.3 is 0 Å². The Kier molecular flexibility index (Phi) is 7.88. The zero-order valence-electron chi connectivity index (χ0n) is 17.3. The molecule has 2 heterocycles. The van der Waals surface area contributed by atoms with Crippen molar-refractivity contribution >= 4 is 38.7 Å². The van der Waals surface area contributed by atoms with Gasteiger partial charge in [-0.05, 0) is 30.0 Å². The number of carbonyl (C=O) groups excluding carboxylic acids is 1. The van der Waals surface area contributed by atoms with Gasteiger partial charge in [0.2, 0.25) is 15.0 Å². The van der Waals surface area contributed by atoms with Gasteiger partial charge in [-0.2, -0.15) is 0 Å². The van der Waals surface area contributed by atoms with Gasteiger partial charge in [0.25, 0.3) is 5.91 Å². The Hall–Kier alpha value is -2.20. The summed E-state index contributed by atoms with van der Waals surface area (Å²) in [6.45, 7) is 3.21. The minimum absolute atomic E-state index is 0.0564. The molecule has 0 unspecified atom stereocenters. The highest BCUT2D eigenvalue weighted by atomic mass is 35.5. The normalized spacial score (nSPS) is 11.6. The molecule has 0 spiro atoms. The van der Waals surface area contributed by atoms with Crippen LogP contribution in [0.25, 0.3) is 0 Å². The van der Waals surface area contributed by atoms with Crippen LogP contribution >= 0.6 is 22.9 Å². The van der Waals surface area contributed by atoms with Gasteiger partial charge in [0.05, 0.1) is 35.7 Å². The van der Waals surface area contributed by atoms with Gasteiger partial charge in [-0.1, -0.05) is 35.9 Å². The molecule has 0 fully saturated rings. The number of thiophene rings is 1. The molecule has 7 nitrogen and oxygen atoms in total. The third kappa shape index (κ3) is 5.54. The molecule has 10 heteroatoms. The Morgan fingerprint density at radius 3 is 2.68 bits per heavy atom. The van der Waals surface area contributed by atoms with Crippen molar-refractivity contribution in [1.82, 2.24) is 14.5 Å². The van der Waals surface area contributed by atoms with Crippen molar-refractivity contribution < 1.29 is 17.9 Å². The highest BCUT2D eigenvalue weighted by molar-refractivity contribution is 7.90. The molecule has 0 N–H and O–H groups in total. The van der Waals surface area contributed by atoms with Crippen LogP contribution in [-0.2, 0) is 33.4 Å². The smallest absolute Gasteiger partial charge is 0.264 e. The first-order valence-electron chi connectivity index (χ1n) is 9.69. The Bertz CT molecular complexity index is 1130. The maximum Gasteiger partial charge on any atom is 0.264 e. The van der Waals surface area contributed by atoms with Crippen molar-refractivity contribution in [3.8, 4) is 0 Å². The lowest BCUT2D eigenvalue weighted by Gasteiger charge is -2.21. The lowest BCUT2D eigenvalue weighted by atomic mass is 10.2. The zero-order valence-corrected chi connectivity index (χ0v) is 19.7. The quantitative estimate of drug-likeness (QED) is 0.439. The number of imidazole rings is 1. The zero-order chi connectivity index (χ0) is 22.4. The van der Waals surface area contributed by atoms with Gasteiger partial charge in [0, 0.05) is 25.2 Å². The summed E-state index contributed by atoms with van der Waals surface area (Å²) in [6, 6.07) is 10.4. The molecule has 1 amide bonds. The number of benzene rings is 1. The molecule has 1 aromatic carbocycles. The van der Waals surface area contributed by atoms with Crippen molar-refractivity contribution in [3.05, 3.63) is 69.1 Å². The summed E-state index contributed by atoms with van der Waals surface area (Å²) in [5.74, 6) is -0.362. The van der Waals surface area contributed by atoms with E-state index in [0.29, 0.717) is 40.9 Å². The number of methoxy groups -OCH3 is 1. The molecule has 0 aliphatic rings. The maximum atomic E-state index is 13.2. The molecule has 0 aliphatic heterocycles. The predicted octanol–water partition coefficient (Wildman–Crippen LogP) is 3.88. The number of halogens is 1. The first-order chi connectivity index (χ1) is 14.9. The third-order valence-corrected chi connectivity index (χ3v) is 7.56. The van der Waals surface area contributed by atoms with Gasteiger partial charge in [0.15, 0.2) is 0 Å². The predicted molar refractivity (Wildman–Crippen MR) is 121 cm³/mol. The summed E-state index contributed by atoms with van der Waals surface area (Å²) in [4.78, 5) is 19.3. The number of aromatic nitrogens is 2. The van der Waals surface area contributed by atoms with Gasteiger partial charge in [-0.15, -0.1) is 11.3 Å². The second-order valence-electron chi connectivity index (χ2n) is 6.82. The maximum absolute atomic E-state index is 13.2. The summed E-state index contributed by atoms with van der Waals surface area (Å²) >= 11 is 7.54. The largest absolute Gasteiger partial charge is 0.383 e. The molecule has 0 radical (unpaired) electrons. The van der Waals surface area contributed by atoms with Crippen LogP contribution in [0.3, 0.4) is 0 Å². The van der Waals surface area contributed by atoms with Crippen LogP contribution in [0.4, 0.5) is 0 Å². The Morgan fingerprint density at radius 1 is 1.26 bits per heavy atom. The molecule has 3 rings (SSSR count). The van der Waals surface area contributed by atoms with E-state index in [-0.39, 0.29) is 23.4 Å². The SMILES string of the molecule is CCN(Cc1cnc(S(=O)(=O)Cc2ccccc2Cl)n1CCOC)C(=O)c1cccs1. The number of amides is 1. The van der Waals surface area contributed by atoms with Crippen LogP contribution in [0, 0.1) is 0 Å². The molecule has 0 saturated carbocycles. The van der Waals surface area contributed by atoms with E-state index in [1.165, 1.54) is 17.5 Å². The van der Waals surface area contributed by atoms with Crippen LogP contribution in [0.5, 0.6) is 0 Å². The molecule has 0 saturated heterocycles. The average Bonchev–Trinajstić information content (AvgIpc) is 3.42. The fourth-order valence-corrected chi connectivity index (χ4v) is 5.67. The minimum Gasteiger partial charge on any atom is -0.383 e. The first kappa shape index (κ1) is 23.5. The van der Waals surface area contributed by atoms with Gasteiger partial charge in [0.1, 0.15) is 0 Å². The van der Waals surface area contributed by atoms with Gasteiger partial charge in [-0.3, -0.25) is 4.79 Å². The summed E-state index contributed by atoms with van der Waals surface area (Å²) in [5, 5.41) is 2.18.